The quantitative estimate of drug-likeness (QED) is 0.468. The van der Waals surface area contributed by atoms with Crippen molar-refractivity contribution in [2.24, 2.45) is 5.41 Å². The highest BCUT2D eigenvalue weighted by Gasteiger charge is 2.43. The second-order valence-corrected chi connectivity index (χ2v) is 9.40. The number of esters is 1. The minimum atomic E-state index is -1.04. The molecule has 1 N–H and O–H groups in total. The van der Waals surface area contributed by atoms with Gasteiger partial charge in [-0.05, 0) is 48.6 Å². The molecule has 5 nitrogen and oxygen atoms in total. The van der Waals surface area contributed by atoms with E-state index in [0.29, 0.717) is 41.1 Å². The maximum absolute atomic E-state index is 14.2. The van der Waals surface area contributed by atoms with Gasteiger partial charge in [0.1, 0.15) is 19.0 Å². The highest BCUT2D eigenvalue weighted by atomic mass is 19.2. The Morgan fingerprint density at radius 2 is 1.79 bits per heavy atom. The Kier molecular flexibility index (Phi) is 6.55. The summed E-state index contributed by atoms with van der Waals surface area (Å²) in [7, 11) is 0. The number of ketones is 1. The maximum atomic E-state index is 14.2. The van der Waals surface area contributed by atoms with Gasteiger partial charge >= 0.3 is 5.97 Å². The number of carbonyl (C=O) groups excluding carboxylic acids is 2. The van der Waals surface area contributed by atoms with Gasteiger partial charge in [0.25, 0.3) is 0 Å². The van der Waals surface area contributed by atoms with Gasteiger partial charge in [-0.3, -0.25) is 4.79 Å². The lowest BCUT2D eigenvalue weighted by molar-refractivity contribution is -0.140. The van der Waals surface area contributed by atoms with Gasteiger partial charge in [-0.25, -0.2) is 13.6 Å². The van der Waals surface area contributed by atoms with Crippen molar-refractivity contribution in [1.29, 1.82) is 0 Å². The van der Waals surface area contributed by atoms with Gasteiger partial charge in [-0.1, -0.05) is 38.1 Å². The second-order valence-electron chi connectivity index (χ2n) is 9.40. The van der Waals surface area contributed by atoms with E-state index in [0.717, 1.165) is 12.1 Å². The van der Waals surface area contributed by atoms with E-state index >= 15 is 0 Å². The molecule has 178 valence electrons. The molecule has 0 saturated heterocycles. The highest BCUT2D eigenvalue weighted by molar-refractivity contribution is 6.04. The second kappa shape index (κ2) is 9.41. The first-order valence-corrected chi connectivity index (χ1v) is 11.2. The Balaban J connectivity index is 1.62. The smallest absolute Gasteiger partial charge is 0.336 e. The molecule has 0 saturated carbocycles. The third-order valence-corrected chi connectivity index (χ3v) is 6.07. The van der Waals surface area contributed by atoms with Gasteiger partial charge < -0.3 is 14.8 Å². The number of dihydropyridines is 1. The van der Waals surface area contributed by atoms with Crippen molar-refractivity contribution in [3.63, 3.8) is 0 Å². The van der Waals surface area contributed by atoms with Crippen molar-refractivity contribution in [2.45, 2.75) is 39.5 Å². The van der Waals surface area contributed by atoms with Crippen molar-refractivity contribution >= 4 is 11.8 Å². The van der Waals surface area contributed by atoms with Gasteiger partial charge in [0.15, 0.2) is 17.4 Å². The maximum Gasteiger partial charge on any atom is 0.336 e. The van der Waals surface area contributed by atoms with Crippen LogP contribution in [0.5, 0.6) is 5.75 Å². The first-order chi connectivity index (χ1) is 16.2. The zero-order valence-electron chi connectivity index (χ0n) is 19.4. The van der Waals surface area contributed by atoms with E-state index in [1.165, 1.54) is 6.07 Å². The summed E-state index contributed by atoms with van der Waals surface area (Å²) in [6.07, 6.45) is 0.888. The fourth-order valence-corrected chi connectivity index (χ4v) is 4.62. The molecule has 7 heteroatoms. The van der Waals surface area contributed by atoms with E-state index in [2.05, 4.69) is 5.32 Å². The summed E-state index contributed by atoms with van der Waals surface area (Å²) in [6, 6.07) is 12.6. The molecule has 0 radical (unpaired) electrons. The average molecular weight is 468 g/mol. The first-order valence-electron chi connectivity index (χ1n) is 11.2. The van der Waals surface area contributed by atoms with E-state index < -0.39 is 23.5 Å². The normalized spacial score (nSPS) is 19.4. The largest absolute Gasteiger partial charge is 0.490 e. The first kappa shape index (κ1) is 23.7. The summed E-state index contributed by atoms with van der Waals surface area (Å²) in [5, 5.41) is 3.22. The predicted octanol–water partition coefficient (Wildman–Crippen LogP) is 5.19. The fraction of sp³-hybridized carbons (Fsp3) is 0.333. The Labute approximate surface area is 197 Å². The molecular weight excluding hydrogens is 440 g/mol. The van der Waals surface area contributed by atoms with Crippen LogP contribution in [0, 0.1) is 17.0 Å². The monoisotopic (exact) mass is 467 g/mol. The van der Waals surface area contributed by atoms with Gasteiger partial charge in [0.05, 0.1) is 5.57 Å². The molecule has 0 unspecified atom stereocenters. The molecule has 4 rings (SSSR count). The van der Waals surface area contributed by atoms with Gasteiger partial charge in [0, 0.05) is 29.3 Å². The molecule has 0 amide bonds. The highest BCUT2D eigenvalue weighted by Crippen LogP contribution is 2.46. The van der Waals surface area contributed by atoms with Gasteiger partial charge in [-0.15, -0.1) is 0 Å². The summed E-state index contributed by atoms with van der Waals surface area (Å²) in [5.74, 6) is -3.00. The molecule has 0 spiro atoms. The number of hydrogen-bond donors (Lipinski definition) is 1. The minimum absolute atomic E-state index is 0.0120. The van der Waals surface area contributed by atoms with Crippen LogP contribution in [0.2, 0.25) is 0 Å². The van der Waals surface area contributed by atoms with Crippen molar-refractivity contribution in [3.05, 3.63) is 88.3 Å². The number of Topliss-reactive ketones (excluding diaryl/α,β-unsaturated/α-hetero) is 1. The number of rotatable bonds is 6. The number of allylic oxidation sites excluding steroid dienone is 3. The van der Waals surface area contributed by atoms with E-state index in [1.54, 1.807) is 19.1 Å². The van der Waals surface area contributed by atoms with Crippen LogP contribution in [0.15, 0.2) is 71.1 Å². The van der Waals surface area contributed by atoms with Crippen LogP contribution in [0.3, 0.4) is 0 Å². The lowest BCUT2D eigenvalue weighted by Crippen LogP contribution is -2.38. The molecule has 2 aromatic rings. The summed E-state index contributed by atoms with van der Waals surface area (Å²) in [5.41, 5.74) is 1.91. The lowest BCUT2D eigenvalue weighted by Gasteiger charge is -2.39. The molecule has 1 aliphatic heterocycles. The molecule has 0 bridgehead atoms. The summed E-state index contributed by atoms with van der Waals surface area (Å²) >= 11 is 0. The molecule has 34 heavy (non-hydrogen) atoms. The van der Waals surface area contributed by atoms with Crippen LogP contribution in [0.25, 0.3) is 0 Å². The zero-order chi connectivity index (χ0) is 24.5. The van der Waals surface area contributed by atoms with Crippen molar-refractivity contribution in [2.75, 3.05) is 13.2 Å². The summed E-state index contributed by atoms with van der Waals surface area (Å²) in [4.78, 5) is 26.4. The Bertz CT molecular complexity index is 1180. The number of hydrogen-bond acceptors (Lipinski definition) is 5. The van der Waals surface area contributed by atoms with Crippen LogP contribution in [0.1, 0.15) is 45.1 Å². The molecule has 2 aliphatic rings. The third-order valence-electron chi connectivity index (χ3n) is 6.07. The van der Waals surface area contributed by atoms with Crippen LogP contribution in [-0.2, 0) is 14.3 Å². The van der Waals surface area contributed by atoms with E-state index in [1.807, 2.05) is 32.0 Å². The molecule has 0 fully saturated rings. The molecule has 1 heterocycles. The lowest BCUT2D eigenvalue weighted by atomic mass is 9.68. The Hall–Kier alpha value is -3.48. The zero-order valence-corrected chi connectivity index (χ0v) is 19.4. The molecule has 2 aromatic carbocycles. The number of nitrogens with one attached hydrogen (secondary N) is 1. The van der Waals surface area contributed by atoms with Crippen molar-refractivity contribution in [1.82, 2.24) is 5.32 Å². The van der Waals surface area contributed by atoms with Crippen molar-refractivity contribution < 1.29 is 27.8 Å². The molecule has 0 aromatic heterocycles. The van der Waals surface area contributed by atoms with Crippen LogP contribution < -0.4 is 10.1 Å². The molecule has 1 aliphatic carbocycles. The SMILES string of the molecule is CC1=C(C(=O)OCCOc2ccccc2)[C@H](c2ccc(F)c(F)c2)C2=C(CC(C)(C)CC2=O)N1. The van der Waals surface area contributed by atoms with E-state index in [-0.39, 0.29) is 30.0 Å². The van der Waals surface area contributed by atoms with Gasteiger partial charge in [0.2, 0.25) is 0 Å². The number of halogens is 2. The number of para-hydroxylation sites is 1. The van der Waals surface area contributed by atoms with E-state index in [9.17, 15) is 18.4 Å². The number of carbonyl (C=O) groups is 2. The third kappa shape index (κ3) is 4.88. The van der Waals surface area contributed by atoms with Crippen LogP contribution in [-0.4, -0.2) is 25.0 Å². The van der Waals surface area contributed by atoms with E-state index in [4.69, 9.17) is 9.47 Å². The number of benzene rings is 2. The molecule has 1 atom stereocenters. The molecular formula is C27H27F2NO4. The van der Waals surface area contributed by atoms with Crippen molar-refractivity contribution in [3.8, 4) is 5.75 Å². The Morgan fingerprint density at radius 1 is 1.06 bits per heavy atom. The Morgan fingerprint density at radius 3 is 2.50 bits per heavy atom. The average Bonchev–Trinajstić information content (AvgIpc) is 2.77. The van der Waals surface area contributed by atoms with Crippen LogP contribution >= 0.6 is 0 Å². The summed E-state index contributed by atoms with van der Waals surface area (Å²) in [6.45, 7) is 5.85. The van der Waals surface area contributed by atoms with Gasteiger partial charge in [-0.2, -0.15) is 0 Å². The topological polar surface area (TPSA) is 64.6 Å². The minimum Gasteiger partial charge on any atom is -0.490 e. The predicted molar refractivity (Wildman–Crippen MR) is 123 cm³/mol. The standard InChI is InChI=1S/C27H27F2NO4/c1-16-23(26(32)34-12-11-33-18-7-5-4-6-8-18)24(17-9-10-19(28)20(29)13-17)25-21(30-16)14-27(2,3)15-22(25)31/h4-10,13,24,30H,11-12,14-15H2,1-3H3/t24-/m0/s1. The number of ether oxygens (including phenoxy) is 2. The summed E-state index contributed by atoms with van der Waals surface area (Å²) < 4.78 is 38.9. The fourth-order valence-electron chi connectivity index (χ4n) is 4.62. The van der Waals surface area contributed by atoms with Crippen LogP contribution in [0.4, 0.5) is 8.78 Å².